The van der Waals surface area contributed by atoms with Crippen molar-refractivity contribution in [3.05, 3.63) is 24.3 Å². The maximum atomic E-state index is 13.1. The third kappa shape index (κ3) is 2.12. The number of carbonyl (C=O) groups is 1. The van der Waals surface area contributed by atoms with Crippen LogP contribution >= 0.6 is 0 Å². The van der Waals surface area contributed by atoms with Crippen molar-refractivity contribution in [1.29, 1.82) is 0 Å². The molecule has 4 fully saturated rings. The number of nitrogens with two attached hydrogens (primary N) is 1. The first kappa shape index (κ1) is 14.1. The molecule has 4 aliphatic rings. The predicted octanol–water partition coefficient (Wildman–Crippen LogP) is 3.12. The molecule has 0 radical (unpaired) electrons. The van der Waals surface area contributed by atoms with Gasteiger partial charge >= 0.3 is 0 Å². The fraction of sp³-hybridized carbons (Fsp3) is 0.611. The second-order valence-electron chi connectivity index (χ2n) is 7.57. The lowest BCUT2D eigenvalue weighted by Gasteiger charge is -2.56. The topological polar surface area (TPSA) is 55.6 Å². The van der Waals surface area contributed by atoms with Gasteiger partial charge in [0.15, 0.2) is 0 Å². The van der Waals surface area contributed by atoms with E-state index in [1.807, 2.05) is 24.3 Å². The molecule has 118 valence electrons. The number of anilines is 1. The minimum absolute atomic E-state index is 0.122. The highest BCUT2D eigenvalue weighted by molar-refractivity contribution is 5.97. The highest BCUT2D eigenvalue weighted by atomic mass is 16.5. The molecule has 4 aliphatic carbocycles. The smallest absolute Gasteiger partial charge is 0.247 e. The van der Waals surface area contributed by atoms with Gasteiger partial charge in [-0.15, -0.1) is 0 Å². The second-order valence-corrected chi connectivity index (χ2v) is 7.57. The Labute approximate surface area is 131 Å². The predicted molar refractivity (Wildman–Crippen MR) is 85.3 cm³/mol. The van der Waals surface area contributed by atoms with Crippen molar-refractivity contribution in [2.45, 2.75) is 38.5 Å². The Hall–Kier alpha value is -1.55. The summed E-state index contributed by atoms with van der Waals surface area (Å²) in [7, 11) is 1.63. The number of ether oxygens (including phenoxy) is 1. The Morgan fingerprint density at radius 3 is 2.05 bits per heavy atom. The van der Waals surface area contributed by atoms with Gasteiger partial charge in [-0.25, -0.2) is 10.9 Å². The highest BCUT2D eigenvalue weighted by Gasteiger charge is 2.55. The number of benzene rings is 1. The lowest BCUT2D eigenvalue weighted by atomic mass is 9.49. The minimum atomic E-state index is -0.191. The molecule has 2 N–H and O–H groups in total. The van der Waals surface area contributed by atoms with Crippen LogP contribution in [0.2, 0.25) is 0 Å². The Bertz CT molecular complexity index is 546. The summed E-state index contributed by atoms with van der Waals surface area (Å²) in [6.07, 6.45) is 7.13. The fourth-order valence-electron chi connectivity index (χ4n) is 5.49. The second kappa shape index (κ2) is 4.98. The summed E-state index contributed by atoms with van der Waals surface area (Å²) in [4.78, 5) is 13.1. The zero-order valence-electron chi connectivity index (χ0n) is 13.1. The van der Waals surface area contributed by atoms with Gasteiger partial charge in [-0.05, 0) is 80.5 Å². The van der Waals surface area contributed by atoms with E-state index in [0.29, 0.717) is 0 Å². The molecule has 4 bridgehead atoms. The molecule has 4 nitrogen and oxygen atoms in total. The van der Waals surface area contributed by atoms with Gasteiger partial charge < -0.3 is 4.74 Å². The van der Waals surface area contributed by atoms with E-state index in [1.165, 1.54) is 24.3 Å². The monoisotopic (exact) mass is 300 g/mol. The van der Waals surface area contributed by atoms with Crippen molar-refractivity contribution in [3.63, 3.8) is 0 Å². The highest BCUT2D eigenvalue weighted by Crippen LogP contribution is 2.60. The van der Waals surface area contributed by atoms with E-state index in [4.69, 9.17) is 10.6 Å². The van der Waals surface area contributed by atoms with Gasteiger partial charge in [-0.2, -0.15) is 0 Å². The average molecular weight is 300 g/mol. The number of carbonyl (C=O) groups excluding carboxylic acids is 1. The van der Waals surface area contributed by atoms with Crippen LogP contribution in [-0.4, -0.2) is 13.0 Å². The third-order valence-electron chi connectivity index (χ3n) is 6.06. The lowest BCUT2D eigenvalue weighted by molar-refractivity contribution is -0.143. The number of rotatable bonds is 3. The molecule has 0 heterocycles. The summed E-state index contributed by atoms with van der Waals surface area (Å²) in [6, 6.07) is 7.42. The fourth-order valence-corrected chi connectivity index (χ4v) is 5.49. The van der Waals surface area contributed by atoms with E-state index in [1.54, 1.807) is 7.11 Å². The van der Waals surface area contributed by atoms with Gasteiger partial charge in [-0.3, -0.25) is 4.79 Å². The number of methoxy groups -OCH3 is 1. The Kier molecular flexibility index (Phi) is 3.19. The third-order valence-corrected chi connectivity index (χ3v) is 6.06. The van der Waals surface area contributed by atoms with E-state index >= 15 is 0 Å². The Morgan fingerprint density at radius 2 is 1.59 bits per heavy atom. The van der Waals surface area contributed by atoms with E-state index in [-0.39, 0.29) is 11.3 Å². The van der Waals surface area contributed by atoms with Crippen LogP contribution in [0.3, 0.4) is 0 Å². The van der Waals surface area contributed by atoms with Crippen molar-refractivity contribution >= 4 is 11.6 Å². The first-order valence-electron chi connectivity index (χ1n) is 8.33. The molecule has 22 heavy (non-hydrogen) atoms. The summed E-state index contributed by atoms with van der Waals surface area (Å²) in [5.41, 5.74) is 0.560. The molecule has 0 atom stereocenters. The van der Waals surface area contributed by atoms with E-state index in [9.17, 15) is 4.79 Å². The first-order valence-corrected chi connectivity index (χ1v) is 8.33. The first-order chi connectivity index (χ1) is 10.6. The maximum absolute atomic E-state index is 13.1. The van der Waals surface area contributed by atoms with Crippen molar-refractivity contribution in [2.75, 3.05) is 12.1 Å². The van der Waals surface area contributed by atoms with Crippen molar-refractivity contribution in [3.8, 4) is 5.75 Å². The number of hydrogen-bond donors (Lipinski definition) is 1. The SMILES string of the molecule is COc1ccc(N(N)C(=O)C23CC4CC(CC(C4)C2)C3)cc1. The molecule has 4 heteroatoms. The number of nitrogens with zero attached hydrogens (tertiary/aromatic N) is 1. The minimum Gasteiger partial charge on any atom is -0.497 e. The zero-order chi connectivity index (χ0) is 15.3. The van der Waals surface area contributed by atoms with Crippen LogP contribution in [0.5, 0.6) is 5.75 Å². The van der Waals surface area contributed by atoms with Crippen LogP contribution in [-0.2, 0) is 4.79 Å². The molecule has 0 aliphatic heterocycles. The van der Waals surface area contributed by atoms with Crippen LogP contribution in [0, 0.1) is 23.2 Å². The molecule has 0 saturated heterocycles. The van der Waals surface area contributed by atoms with Crippen molar-refractivity contribution in [2.24, 2.45) is 29.0 Å². The number of amides is 1. The standard InChI is InChI=1S/C18H24N2O2/c1-22-16-4-2-15(3-5-16)20(19)17(21)18-9-12-6-13(10-18)8-14(7-12)11-18/h2-5,12-14H,6-11,19H2,1H3. The molecule has 5 rings (SSSR count). The number of hydrazine groups is 1. The van der Waals surface area contributed by atoms with Gasteiger partial charge in [0, 0.05) is 0 Å². The summed E-state index contributed by atoms with van der Waals surface area (Å²) in [5, 5.41) is 1.38. The van der Waals surface area contributed by atoms with Crippen LogP contribution in [0.25, 0.3) is 0 Å². The maximum Gasteiger partial charge on any atom is 0.247 e. The van der Waals surface area contributed by atoms with Gasteiger partial charge in [0.2, 0.25) is 5.91 Å². The summed E-state index contributed by atoms with van der Waals surface area (Å²) in [5.74, 6) is 9.34. The molecular formula is C18H24N2O2. The van der Waals surface area contributed by atoms with Gasteiger partial charge in [0.25, 0.3) is 0 Å². The molecule has 1 aromatic rings. The van der Waals surface area contributed by atoms with Crippen molar-refractivity contribution in [1.82, 2.24) is 0 Å². The summed E-state index contributed by atoms with van der Waals surface area (Å²) < 4.78 is 5.17. The van der Waals surface area contributed by atoms with Gasteiger partial charge in [0.1, 0.15) is 5.75 Å². The summed E-state index contributed by atoms with van der Waals surface area (Å²) in [6.45, 7) is 0. The van der Waals surface area contributed by atoms with Gasteiger partial charge in [-0.1, -0.05) is 0 Å². The molecule has 4 saturated carbocycles. The molecule has 1 aromatic carbocycles. The van der Waals surface area contributed by atoms with Crippen molar-refractivity contribution < 1.29 is 9.53 Å². The van der Waals surface area contributed by atoms with Crippen LogP contribution in [0.15, 0.2) is 24.3 Å². The normalized spacial score (nSPS) is 35.5. The molecule has 1 amide bonds. The largest absolute Gasteiger partial charge is 0.497 e. The molecule has 0 spiro atoms. The van der Waals surface area contributed by atoms with Crippen LogP contribution in [0.1, 0.15) is 38.5 Å². The number of hydrogen-bond acceptors (Lipinski definition) is 3. The van der Waals surface area contributed by atoms with E-state index in [2.05, 4.69) is 0 Å². The Balaban J connectivity index is 1.58. The zero-order valence-corrected chi connectivity index (χ0v) is 13.1. The lowest BCUT2D eigenvalue weighted by Crippen LogP contribution is -2.56. The van der Waals surface area contributed by atoms with Crippen LogP contribution < -0.4 is 15.6 Å². The van der Waals surface area contributed by atoms with E-state index in [0.717, 1.165) is 48.5 Å². The quantitative estimate of drug-likeness (QED) is 0.530. The van der Waals surface area contributed by atoms with Gasteiger partial charge in [0.05, 0.1) is 18.2 Å². The molecular weight excluding hydrogens is 276 g/mol. The van der Waals surface area contributed by atoms with E-state index < -0.39 is 0 Å². The summed E-state index contributed by atoms with van der Waals surface area (Å²) >= 11 is 0. The molecule has 0 aromatic heterocycles. The Morgan fingerprint density at radius 1 is 1.09 bits per heavy atom. The van der Waals surface area contributed by atoms with Crippen LogP contribution in [0.4, 0.5) is 5.69 Å². The molecule has 0 unspecified atom stereocenters. The average Bonchev–Trinajstić information content (AvgIpc) is 2.52.